The maximum atomic E-state index is 11.4. The van der Waals surface area contributed by atoms with Crippen LogP contribution in [0, 0.1) is 5.92 Å². The first-order valence-corrected chi connectivity index (χ1v) is 6.34. The Kier molecular flexibility index (Phi) is 4.95. The molecule has 0 aromatic carbocycles. The van der Waals surface area contributed by atoms with Crippen molar-refractivity contribution in [3.05, 3.63) is 20.8 Å². The summed E-state index contributed by atoms with van der Waals surface area (Å²) in [5.41, 5.74) is 0. The maximum Gasteiger partial charge on any atom is 0.320 e. The Morgan fingerprint density at radius 2 is 2.31 bits per heavy atom. The smallest absolute Gasteiger partial charge is 0.320 e. The summed E-state index contributed by atoms with van der Waals surface area (Å²) < 4.78 is 5.61. The minimum Gasteiger partial charge on any atom is -0.481 e. The topological polar surface area (TPSA) is 63.6 Å². The third kappa shape index (κ3) is 3.61. The van der Waals surface area contributed by atoms with Gasteiger partial charge in [-0.3, -0.25) is 9.59 Å². The van der Waals surface area contributed by atoms with Gasteiger partial charge in [0.1, 0.15) is 0 Å². The predicted molar refractivity (Wildman–Crippen MR) is 63.5 cm³/mol. The Balaban J connectivity index is 2.72. The maximum absolute atomic E-state index is 11.4. The number of hydrogen-bond acceptors (Lipinski definition) is 4. The molecule has 6 heteroatoms. The molecule has 0 fully saturated rings. The van der Waals surface area contributed by atoms with Crippen LogP contribution in [0.4, 0.5) is 0 Å². The van der Waals surface area contributed by atoms with Crippen molar-refractivity contribution in [2.24, 2.45) is 5.92 Å². The second-order valence-electron chi connectivity index (χ2n) is 3.08. The lowest BCUT2D eigenvalue weighted by molar-refractivity contribution is -0.158. The van der Waals surface area contributed by atoms with E-state index in [1.165, 1.54) is 11.3 Å². The molecule has 1 N–H and O–H groups in total. The number of hydrogen-bond donors (Lipinski definition) is 1. The molecule has 0 radical (unpaired) electrons. The third-order valence-electron chi connectivity index (χ3n) is 1.90. The summed E-state index contributed by atoms with van der Waals surface area (Å²) in [5, 5.41) is 10.8. The molecule has 0 aliphatic heterocycles. The number of halogens is 1. The van der Waals surface area contributed by atoms with E-state index in [4.69, 9.17) is 9.84 Å². The average Bonchev–Trinajstić information content (AvgIpc) is 2.60. The van der Waals surface area contributed by atoms with Gasteiger partial charge < -0.3 is 9.84 Å². The molecule has 1 unspecified atom stereocenters. The second-order valence-corrected chi connectivity index (χ2v) is 4.99. The van der Waals surface area contributed by atoms with Crippen molar-refractivity contribution in [1.29, 1.82) is 0 Å². The lowest BCUT2D eigenvalue weighted by atomic mass is 10.1. The van der Waals surface area contributed by atoms with Crippen LogP contribution in [0.25, 0.3) is 0 Å². The zero-order valence-electron chi connectivity index (χ0n) is 8.60. The molecular formula is C10H11BrO4S. The molecule has 0 bridgehead atoms. The SMILES string of the molecule is CCOC(=O)C(Cc1cc(Br)cs1)C(=O)O. The van der Waals surface area contributed by atoms with E-state index in [0.717, 1.165) is 9.35 Å². The molecule has 1 aromatic heterocycles. The molecule has 0 saturated heterocycles. The highest BCUT2D eigenvalue weighted by atomic mass is 79.9. The highest BCUT2D eigenvalue weighted by Gasteiger charge is 2.28. The van der Waals surface area contributed by atoms with Gasteiger partial charge in [0.05, 0.1) is 6.61 Å². The van der Waals surface area contributed by atoms with Crippen LogP contribution in [0.3, 0.4) is 0 Å². The Morgan fingerprint density at radius 3 is 2.75 bits per heavy atom. The fourth-order valence-electron chi connectivity index (χ4n) is 1.18. The lowest BCUT2D eigenvalue weighted by Crippen LogP contribution is -2.27. The molecule has 0 amide bonds. The van der Waals surface area contributed by atoms with Crippen LogP contribution in [0.15, 0.2) is 15.9 Å². The lowest BCUT2D eigenvalue weighted by Gasteiger charge is -2.09. The number of carbonyl (C=O) groups excluding carboxylic acids is 1. The van der Waals surface area contributed by atoms with Crippen molar-refractivity contribution in [2.75, 3.05) is 6.61 Å². The molecule has 0 saturated carbocycles. The molecule has 16 heavy (non-hydrogen) atoms. The number of esters is 1. The first-order valence-electron chi connectivity index (χ1n) is 4.67. The number of carboxylic acids is 1. The number of rotatable bonds is 5. The van der Waals surface area contributed by atoms with E-state index < -0.39 is 17.9 Å². The Morgan fingerprint density at radius 1 is 1.62 bits per heavy atom. The van der Waals surface area contributed by atoms with E-state index in [9.17, 15) is 9.59 Å². The van der Waals surface area contributed by atoms with Crippen LogP contribution in [0.5, 0.6) is 0 Å². The number of carboxylic acid groups (broad SMARTS) is 1. The number of thiophene rings is 1. The summed E-state index contributed by atoms with van der Waals surface area (Å²) >= 11 is 4.69. The Bertz CT molecular complexity index is 388. The summed E-state index contributed by atoms with van der Waals surface area (Å²) in [6.07, 6.45) is 0.171. The van der Waals surface area contributed by atoms with Gasteiger partial charge in [-0.2, -0.15) is 0 Å². The fraction of sp³-hybridized carbons (Fsp3) is 0.400. The van der Waals surface area contributed by atoms with Gasteiger partial charge in [-0.1, -0.05) is 0 Å². The van der Waals surface area contributed by atoms with Crippen molar-refractivity contribution < 1.29 is 19.4 Å². The van der Waals surface area contributed by atoms with Gasteiger partial charge in [-0.25, -0.2) is 0 Å². The van der Waals surface area contributed by atoms with Crippen LogP contribution < -0.4 is 0 Å². The fourth-order valence-corrected chi connectivity index (χ4v) is 2.67. The molecule has 1 rings (SSSR count). The first-order chi connectivity index (χ1) is 7.54. The molecule has 1 atom stereocenters. The molecule has 4 nitrogen and oxygen atoms in total. The highest BCUT2D eigenvalue weighted by Crippen LogP contribution is 2.23. The van der Waals surface area contributed by atoms with E-state index >= 15 is 0 Å². The van der Waals surface area contributed by atoms with Crippen LogP contribution >= 0.6 is 27.3 Å². The van der Waals surface area contributed by atoms with Gasteiger partial charge in [0.15, 0.2) is 5.92 Å². The second kappa shape index (κ2) is 6.00. The summed E-state index contributed by atoms with van der Waals surface area (Å²) in [6, 6.07) is 1.81. The van der Waals surface area contributed by atoms with Crippen molar-refractivity contribution in [3.8, 4) is 0 Å². The minimum absolute atomic E-state index is 0.171. The predicted octanol–water partition coefficient (Wildman–Crippen LogP) is 2.32. The average molecular weight is 307 g/mol. The van der Waals surface area contributed by atoms with Crippen molar-refractivity contribution >= 4 is 39.2 Å². The van der Waals surface area contributed by atoms with Gasteiger partial charge in [-0.05, 0) is 28.9 Å². The van der Waals surface area contributed by atoms with Crippen LogP contribution in [-0.2, 0) is 20.7 Å². The van der Waals surface area contributed by atoms with Crippen molar-refractivity contribution in [1.82, 2.24) is 0 Å². The van der Waals surface area contributed by atoms with Gasteiger partial charge in [-0.15, -0.1) is 11.3 Å². The molecule has 88 valence electrons. The van der Waals surface area contributed by atoms with Crippen molar-refractivity contribution in [3.63, 3.8) is 0 Å². The molecule has 0 spiro atoms. The highest BCUT2D eigenvalue weighted by molar-refractivity contribution is 9.10. The molecule has 1 heterocycles. The zero-order chi connectivity index (χ0) is 12.1. The van der Waals surface area contributed by atoms with E-state index in [2.05, 4.69) is 15.9 Å². The van der Waals surface area contributed by atoms with Crippen molar-refractivity contribution in [2.45, 2.75) is 13.3 Å². The summed E-state index contributed by atoms with van der Waals surface area (Å²) in [7, 11) is 0. The molecule has 0 aliphatic rings. The summed E-state index contributed by atoms with van der Waals surface area (Å²) in [5.74, 6) is -2.95. The van der Waals surface area contributed by atoms with Crippen LogP contribution in [0.1, 0.15) is 11.8 Å². The molecular weight excluding hydrogens is 296 g/mol. The zero-order valence-corrected chi connectivity index (χ0v) is 11.0. The number of ether oxygens (including phenoxy) is 1. The van der Waals surface area contributed by atoms with Gasteiger partial charge in [0.25, 0.3) is 0 Å². The quantitative estimate of drug-likeness (QED) is 0.670. The van der Waals surface area contributed by atoms with Crippen LogP contribution in [0.2, 0.25) is 0 Å². The minimum atomic E-state index is -1.15. The van der Waals surface area contributed by atoms with Crippen LogP contribution in [-0.4, -0.2) is 23.7 Å². The first kappa shape index (κ1) is 13.2. The van der Waals surface area contributed by atoms with E-state index in [1.807, 2.05) is 5.38 Å². The van der Waals surface area contributed by atoms with Gasteiger partial charge in [0.2, 0.25) is 0 Å². The number of aliphatic carboxylic acids is 1. The molecule has 0 aliphatic carbocycles. The Hall–Kier alpha value is -0.880. The summed E-state index contributed by atoms with van der Waals surface area (Å²) in [4.78, 5) is 23.1. The summed E-state index contributed by atoms with van der Waals surface area (Å²) in [6.45, 7) is 1.84. The standard InChI is InChI=1S/C10H11BrO4S/c1-2-15-10(14)8(9(12)13)4-7-3-6(11)5-16-7/h3,5,8H,2,4H2,1H3,(H,12,13). The normalized spacial score (nSPS) is 12.1. The van der Waals surface area contributed by atoms with Gasteiger partial charge >= 0.3 is 11.9 Å². The largest absolute Gasteiger partial charge is 0.481 e. The van der Waals surface area contributed by atoms with Gasteiger partial charge in [0, 0.05) is 21.2 Å². The van der Waals surface area contributed by atoms with E-state index in [-0.39, 0.29) is 13.0 Å². The molecule has 1 aromatic rings. The number of carbonyl (C=O) groups is 2. The van der Waals surface area contributed by atoms with E-state index in [0.29, 0.717) is 0 Å². The van der Waals surface area contributed by atoms with E-state index in [1.54, 1.807) is 13.0 Å². The monoisotopic (exact) mass is 306 g/mol. The third-order valence-corrected chi connectivity index (χ3v) is 3.62. The Labute approximate surface area is 105 Å².